The first-order valence-corrected chi connectivity index (χ1v) is 7.90. The predicted molar refractivity (Wildman–Crippen MR) is 89.9 cm³/mol. The SMILES string of the molecule is CNCC1CCCN1C(=O)c1ccc(-c2ccccc2)cc1. The number of likely N-dealkylation sites (N-methyl/N-ethyl adjacent to an activating group) is 1. The molecule has 22 heavy (non-hydrogen) atoms. The van der Waals surface area contributed by atoms with Gasteiger partial charge in [-0.25, -0.2) is 0 Å². The summed E-state index contributed by atoms with van der Waals surface area (Å²) in [4.78, 5) is 14.7. The Labute approximate surface area is 132 Å². The van der Waals surface area contributed by atoms with Crippen molar-refractivity contribution in [2.45, 2.75) is 18.9 Å². The Morgan fingerprint density at radius 1 is 1.09 bits per heavy atom. The van der Waals surface area contributed by atoms with Crippen LogP contribution in [0.2, 0.25) is 0 Å². The molecule has 1 atom stereocenters. The van der Waals surface area contributed by atoms with Crippen LogP contribution in [-0.4, -0.2) is 37.0 Å². The number of likely N-dealkylation sites (tertiary alicyclic amines) is 1. The summed E-state index contributed by atoms with van der Waals surface area (Å²) in [6.07, 6.45) is 2.19. The monoisotopic (exact) mass is 294 g/mol. The molecule has 3 rings (SSSR count). The van der Waals surface area contributed by atoms with E-state index in [0.717, 1.165) is 37.1 Å². The van der Waals surface area contributed by atoms with Crippen molar-refractivity contribution >= 4 is 5.91 Å². The average Bonchev–Trinajstić information content (AvgIpc) is 3.04. The third-order valence-corrected chi connectivity index (χ3v) is 4.32. The molecule has 0 saturated carbocycles. The Balaban J connectivity index is 1.76. The molecule has 1 heterocycles. The Kier molecular flexibility index (Phi) is 4.54. The normalized spacial score (nSPS) is 17.7. The van der Waals surface area contributed by atoms with Crippen LogP contribution in [0.3, 0.4) is 0 Å². The fourth-order valence-corrected chi connectivity index (χ4v) is 3.15. The highest BCUT2D eigenvalue weighted by Crippen LogP contribution is 2.22. The molecule has 1 N–H and O–H groups in total. The Bertz CT molecular complexity index is 622. The van der Waals surface area contributed by atoms with Gasteiger partial charge in [0.25, 0.3) is 5.91 Å². The van der Waals surface area contributed by atoms with E-state index in [1.807, 2.05) is 54.4 Å². The number of nitrogens with one attached hydrogen (secondary N) is 1. The third-order valence-electron chi connectivity index (χ3n) is 4.32. The lowest BCUT2D eigenvalue weighted by atomic mass is 10.0. The number of nitrogens with zero attached hydrogens (tertiary/aromatic N) is 1. The molecule has 1 fully saturated rings. The van der Waals surface area contributed by atoms with Gasteiger partial charge in [0.1, 0.15) is 0 Å². The lowest BCUT2D eigenvalue weighted by Crippen LogP contribution is -2.40. The molecule has 1 aliphatic heterocycles. The van der Waals surface area contributed by atoms with Crippen molar-refractivity contribution in [3.8, 4) is 11.1 Å². The van der Waals surface area contributed by atoms with Crippen molar-refractivity contribution in [1.82, 2.24) is 10.2 Å². The fourth-order valence-electron chi connectivity index (χ4n) is 3.15. The average molecular weight is 294 g/mol. The second kappa shape index (κ2) is 6.75. The molecule has 1 aliphatic rings. The predicted octanol–water partition coefficient (Wildman–Crippen LogP) is 3.18. The van der Waals surface area contributed by atoms with Crippen molar-refractivity contribution < 1.29 is 4.79 Å². The van der Waals surface area contributed by atoms with Gasteiger partial charge in [-0.1, -0.05) is 42.5 Å². The van der Waals surface area contributed by atoms with Gasteiger partial charge >= 0.3 is 0 Å². The van der Waals surface area contributed by atoms with Crippen LogP contribution in [0.5, 0.6) is 0 Å². The highest BCUT2D eigenvalue weighted by molar-refractivity contribution is 5.95. The summed E-state index contributed by atoms with van der Waals surface area (Å²) in [5, 5.41) is 3.18. The van der Waals surface area contributed by atoms with Gasteiger partial charge < -0.3 is 10.2 Å². The molecule has 1 unspecified atom stereocenters. The maximum atomic E-state index is 12.7. The van der Waals surface area contributed by atoms with E-state index >= 15 is 0 Å². The van der Waals surface area contributed by atoms with E-state index in [9.17, 15) is 4.79 Å². The second-order valence-electron chi connectivity index (χ2n) is 5.80. The highest BCUT2D eigenvalue weighted by Gasteiger charge is 2.28. The van der Waals surface area contributed by atoms with Gasteiger partial charge in [0.15, 0.2) is 0 Å². The maximum Gasteiger partial charge on any atom is 0.254 e. The van der Waals surface area contributed by atoms with E-state index in [4.69, 9.17) is 0 Å². The lowest BCUT2D eigenvalue weighted by Gasteiger charge is -2.24. The highest BCUT2D eigenvalue weighted by atomic mass is 16.2. The van der Waals surface area contributed by atoms with Crippen molar-refractivity contribution in [2.24, 2.45) is 0 Å². The standard InChI is InChI=1S/C19H22N2O/c1-20-14-18-8-5-13-21(18)19(22)17-11-9-16(10-12-17)15-6-3-2-4-7-15/h2-4,6-7,9-12,18,20H,5,8,13-14H2,1H3. The summed E-state index contributed by atoms with van der Waals surface area (Å²) in [6.45, 7) is 1.74. The largest absolute Gasteiger partial charge is 0.334 e. The van der Waals surface area contributed by atoms with Crippen molar-refractivity contribution in [1.29, 1.82) is 0 Å². The summed E-state index contributed by atoms with van der Waals surface area (Å²) in [5.41, 5.74) is 3.10. The third kappa shape index (κ3) is 3.04. The number of rotatable bonds is 4. The van der Waals surface area contributed by atoms with Crippen LogP contribution in [0.25, 0.3) is 11.1 Å². The first-order valence-electron chi connectivity index (χ1n) is 7.90. The van der Waals surface area contributed by atoms with Crippen molar-refractivity contribution in [3.05, 3.63) is 60.2 Å². The van der Waals surface area contributed by atoms with Crippen LogP contribution in [0.15, 0.2) is 54.6 Å². The molecule has 3 heteroatoms. The maximum absolute atomic E-state index is 12.7. The van der Waals surface area contributed by atoms with Crippen LogP contribution >= 0.6 is 0 Å². The Morgan fingerprint density at radius 2 is 1.77 bits per heavy atom. The van der Waals surface area contributed by atoms with Gasteiger partial charge in [-0.2, -0.15) is 0 Å². The van der Waals surface area contributed by atoms with Gasteiger partial charge in [-0.3, -0.25) is 4.79 Å². The van der Waals surface area contributed by atoms with E-state index < -0.39 is 0 Å². The summed E-state index contributed by atoms with van der Waals surface area (Å²) in [5.74, 6) is 0.150. The van der Waals surface area contributed by atoms with Crippen LogP contribution in [0.4, 0.5) is 0 Å². The van der Waals surface area contributed by atoms with E-state index in [1.54, 1.807) is 0 Å². The van der Waals surface area contributed by atoms with Gasteiger partial charge in [0.05, 0.1) is 0 Å². The summed E-state index contributed by atoms with van der Waals surface area (Å²) in [6, 6.07) is 18.5. The molecule has 0 spiro atoms. The molecular weight excluding hydrogens is 272 g/mol. The van der Waals surface area contributed by atoms with E-state index in [0.29, 0.717) is 6.04 Å². The number of carbonyl (C=O) groups excluding carboxylic acids is 1. The second-order valence-corrected chi connectivity index (χ2v) is 5.80. The van der Waals surface area contributed by atoms with E-state index in [2.05, 4.69) is 17.4 Å². The van der Waals surface area contributed by atoms with Crippen LogP contribution < -0.4 is 5.32 Å². The minimum atomic E-state index is 0.150. The minimum Gasteiger partial charge on any atom is -0.334 e. The van der Waals surface area contributed by atoms with Crippen LogP contribution in [0, 0.1) is 0 Å². The molecule has 0 radical (unpaired) electrons. The quantitative estimate of drug-likeness (QED) is 0.939. The van der Waals surface area contributed by atoms with Crippen molar-refractivity contribution in [2.75, 3.05) is 20.1 Å². The summed E-state index contributed by atoms with van der Waals surface area (Å²) >= 11 is 0. The van der Waals surface area contributed by atoms with Crippen LogP contribution in [0.1, 0.15) is 23.2 Å². The molecule has 1 amide bonds. The lowest BCUT2D eigenvalue weighted by molar-refractivity contribution is 0.0737. The smallest absolute Gasteiger partial charge is 0.254 e. The molecule has 1 saturated heterocycles. The van der Waals surface area contributed by atoms with Crippen molar-refractivity contribution in [3.63, 3.8) is 0 Å². The fraction of sp³-hybridized carbons (Fsp3) is 0.316. The zero-order chi connectivity index (χ0) is 15.4. The molecule has 114 valence electrons. The van der Waals surface area contributed by atoms with Gasteiger partial charge in [0, 0.05) is 24.7 Å². The number of benzene rings is 2. The molecule has 0 aliphatic carbocycles. The first kappa shape index (κ1) is 14.8. The number of hydrogen-bond donors (Lipinski definition) is 1. The number of carbonyl (C=O) groups is 1. The molecular formula is C19H22N2O. The zero-order valence-electron chi connectivity index (χ0n) is 13.0. The topological polar surface area (TPSA) is 32.3 Å². The minimum absolute atomic E-state index is 0.150. The van der Waals surface area contributed by atoms with Crippen LogP contribution in [-0.2, 0) is 0 Å². The summed E-state index contributed by atoms with van der Waals surface area (Å²) < 4.78 is 0. The zero-order valence-corrected chi connectivity index (χ0v) is 13.0. The van der Waals surface area contributed by atoms with Gasteiger partial charge in [-0.05, 0) is 43.1 Å². The van der Waals surface area contributed by atoms with E-state index in [-0.39, 0.29) is 5.91 Å². The molecule has 2 aromatic rings. The van der Waals surface area contributed by atoms with Gasteiger partial charge in [-0.15, -0.1) is 0 Å². The Hall–Kier alpha value is -2.13. The molecule has 0 aromatic heterocycles. The molecule has 2 aromatic carbocycles. The van der Waals surface area contributed by atoms with E-state index in [1.165, 1.54) is 5.56 Å². The summed E-state index contributed by atoms with van der Waals surface area (Å²) in [7, 11) is 1.94. The first-order chi connectivity index (χ1) is 10.8. The number of hydrogen-bond acceptors (Lipinski definition) is 2. The van der Waals surface area contributed by atoms with Gasteiger partial charge in [0.2, 0.25) is 0 Å². The Morgan fingerprint density at radius 3 is 2.45 bits per heavy atom. The molecule has 0 bridgehead atoms. The molecule has 3 nitrogen and oxygen atoms in total. The number of amides is 1.